The standard InChI is InChI=1S/C15H18Cl2N4O3/c16-8-2-1-7(5-9(8)17)13-10(20-15(19)21-14(13)18)3-4-11(23)12(24)6-22/h1-2,5,11-12,22-24H,3-4,6H2,(H4,18,19,20,21)/t11-,12+/m1/s1. The van der Waals surface area contributed by atoms with E-state index in [0.29, 0.717) is 26.9 Å². The van der Waals surface area contributed by atoms with E-state index in [9.17, 15) is 10.2 Å². The Morgan fingerprint density at radius 3 is 2.38 bits per heavy atom. The van der Waals surface area contributed by atoms with E-state index in [0.717, 1.165) is 0 Å². The van der Waals surface area contributed by atoms with Crippen LogP contribution in [0.15, 0.2) is 18.2 Å². The maximum absolute atomic E-state index is 9.81. The van der Waals surface area contributed by atoms with Gasteiger partial charge in [0, 0.05) is 5.56 Å². The number of aryl methyl sites for hydroxylation is 1. The highest BCUT2D eigenvalue weighted by Gasteiger charge is 2.19. The van der Waals surface area contributed by atoms with Crippen molar-refractivity contribution in [3.8, 4) is 11.1 Å². The highest BCUT2D eigenvalue weighted by molar-refractivity contribution is 6.42. The van der Waals surface area contributed by atoms with Gasteiger partial charge in [-0.2, -0.15) is 4.98 Å². The third-order valence-corrected chi connectivity index (χ3v) is 4.28. The fourth-order valence-corrected chi connectivity index (χ4v) is 2.59. The van der Waals surface area contributed by atoms with Gasteiger partial charge in [-0.05, 0) is 30.5 Å². The summed E-state index contributed by atoms with van der Waals surface area (Å²) in [6.07, 6.45) is -1.90. The van der Waals surface area contributed by atoms with Crippen LogP contribution < -0.4 is 11.5 Å². The average Bonchev–Trinajstić information content (AvgIpc) is 2.54. The summed E-state index contributed by atoms with van der Waals surface area (Å²) in [5.41, 5.74) is 13.3. The summed E-state index contributed by atoms with van der Waals surface area (Å²) in [4.78, 5) is 8.13. The molecule has 0 radical (unpaired) electrons. The van der Waals surface area contributed by atoms with Crippen molar-refractivity contribution in [2.45, 2.75) is 25.0 Å². The second-order valence-electron chi connectivity index (χ2n) is 5.27. The fourth-order valence-electron chi connectivity index (χ4n) is 2.29. The molecule has 24 heavy (non-hydrogen) atoms. The van der Waals surface area contributed by atoms with Gasteiger partial charge in [0.25, 0.3) is 0 Å². The molecule has 9 heteroatoms. The number of nitrogens with zero attached hydrogens (tertiary/aromatic N) is 2. The minimum absolute atomic E-state index is 0.00325. The first-order valence-electron chi connectivity index (χ1n) is 7.17. The second kappa shape index (κ2) is 7.96. The molecule has 0 spiro atoms. The van der Waals surface area contributed by atoms with Crippen molar-refractivity contribution >= 4 is 35.0 Å². The van der Waals surface area contributed by atoms with Gasteiger partial charge in [0.05, 0.1) is 28.5 Å². The Morgan fingerprint density at radius 1 is 1.04 bits per heavy atom. The largest absolute Gasteiger partial charge is 0.394 e. The number of hydrogen-bond acceptors (Lipinski definition) is 7. The van der Waals surface area contributed by atoms with Crippen molar-refractivity contribution in [3.63, 3.8) is 0 Å². The Balaban J connectivity index is 2.38. The number of nitrogen functional groups attached to an aromatic ring is 2. The molecule has 2 rings (SSSR count). The summed E-state index contributed by atoms with van der Waals surface area (Å²) in [5.74, 6) is 0.177. The van der Waals surface area contributed by atoms with Crippen molar-refractivity contribution in [1.82, 2.24) is 9.97 Å². The molecule has 130 valence electrons. The van der Waals surface area contributed by atoms with Gasteiger partial charge < -0.3 is 26.8 Å². The van der Waals surface area contributed by atoms with Gasteiger partial charge in [0.1, 0.15) is 11.9 Å². The van der Waals surface area contributed by atoms with Gasteiger partial charge in [-0.3, -0.25) is 0 Å². The van der Waals surface area contributed by atoms with E-state index in [1.807, 2.05) is 0 Å². The van der Waals surface area contributed by atoms with Crippen molar-refractivity contribution in [3.05, 3.63) is 33.9 Å². The first-order chi connectivity index (χ1) is 11.3. The zero-order valence-corrected chi connectivity index (χ0v) is 14.2. The van der Waals surface area contributed by atoms with Crippen LogP contribution in [0, 0.1) is 0 Å². The highest BCUT2D eigenvalue weighted by Crippen LogP contribution is 2.33. The molecule has 0 saturated heterocycles. The molecule has 0 fully saturated rings. The van der Waals surface area contributed by atoms with E-state index in [2.05, 4.69) is 9.97 Å². The number of aromatic nitrogens is 2. The molecule has 0 aliphatic rings. The van der Waals surface area contributed by atoms with E-state index >= 15 is 0 Å². The van der Waals surface area contributed by atoms with Crippen molar-refractivity contribution in [2.24, 2.45) is 0 Å². The Bertz CT molecular complexity index is 730. The molecule has 0 aliphatic heterocycles. The smallest absolute Gasteiger partial charge is 0.222 e. The lowest BCUT2D eigenvalue weighted by molar-refractivity contribution is -0.0173. The van der Waals surface area contributed by atoms with Gasteiger partial charge in [-0.25, -0.2) is 4.98 Å². The summed E-state index contributed by atoms with van der Waals surface area (Å²) in [6, 6.07) is 4.99. The van der Waals surface area contributed by atoms with Crippen LogP contribution >= 0.6 is 23.2 Å². The molecule has 7 nitrogen and oxygen atoms in total. The van der Waals surface area contributed by atoms with Gasteiger partial charge in [0.2, 0.25) is 5.95 Å². The Hall–Kier alpha value is -1.64. The van der Waals surface area contributed by atoms with E-state index in [-0.39, 0.29) is 24.6 Å². The lowest BCUT2D eigenvalue weighted by Crippen LogP contribution is -2.29. The zero-order valence-electron chi connectivity index (χ0n) is 12.7. The Labute approximate surface area is 148 Å². The minimum Gasteiger partial charge on any atom is -0.394 e. The van der Waals surface area contributed by atoms with Gasteiger partial charge in [-0.1, -0.05) is 29.3 Å². The van der Waals surface area contributed by atoms with E-state index in [4.69, 9.17) is 39.8 Å². The average molecular weight is 373 g/mol. The van der Waals surface area contributed by atoms with Crippen LogP contribution in [0.5, 0.6) is 0 Å². The van der Waals surface area contributed by atoms with Gasteiger partial charge in [-0.15, -0.1) is 0 Å². The summed E-state index contributed by atoms with van der Waals surface area (Å²) in [5, 5.41) is 28.9. The summed E-state index contributed by atoms with van der Waals surface area (Å²) >= 11 is 12.0. The lowest BCUT2D eigenvalue weighted by Gasteiger charge is -2.17. The quantitative estimate of drug-likeness (QED) is 0.514. The number of rotatable bonds is 6. The predicted molar refractivity (Wildman–Crippen MR) is 93.7 cm³/mol. The maximum atomic E-state index is 9.81. The minimum atomic E-state index is -1.23. The van der Waals surface area contributed by atoms with Gasteiger partial charge in [0.15, 0.2) is 0 Å². The molecule has 0 bridgehead atoms. The van der Waals surface area contributed by atoms with Crippen LogP contribution in [0.3, 0.4) is 0 Å². The molecular formula is C15H18Cl2N4O3. The van der Waals surface area contributed by atoms with Crippen LogP contribution in [0.1, 0.15) is 12.1 Å². The third kappa shape index (κ3) is 4.25. The Morgan fingerprint density at radius 2 is 1.75 bits per heavy atom. The molecule has 0 unspecified atom stereocenters. The second-order valence-corrected chi connectivity index (χ2v) is 6.09. The van der Waals surface area contributed by atoms with Crippen LogP contribution in [0.4, 0.5) is 11.8 Å². The van der Waals surface area contributed by atoms with Gasteiger partial charge >= 0.3 is 0 Å². The van der Waals surface area contributed by atoms with E-state index in [1.54, 1.807) is 18.2 Å². The first-order valence-corrected chi connectivity index (χ1v) is 7.93. The third-order valence-electron chi connectivity index (χ3n) is 3.55. The molecule has 1 heterocycles. The SMILES string of the molecule is Nc1nc(N)c(-c2ccc(Cl)c(Cl)c2)c(CC[C@@H](O)[C@@H](O)CO)n1. The zero-order chi connectivity index (χ0) is 17.9. The van der Waals surface area contributed by atoms with Crippen molar-refractivity contribution < 1.29 is 15.3 Å². The molecule has 1 aromatic heterocycles. The molecule has 0 saturated carbocycles. The van der Waals surface area contributed by atoms with E-state index in [1.165, 1.54) is 0 Å². The monoisotopic (exact) mass is 372 g/mol. The summed E-state index contributed by atoms with van der Waals surface area (Å²) < 4.78 is 0. The lowest BCUT2D eigenvalue weighted by atomic mass is 9.99. The molecule has 2 aromatic rings. The molecule has 0 amide bonds. The maximum Gasteiger partial charge on any atom is 0.222 e. The molecule has 2 atom stereocenters. The Kier molecular flexibility index (Phi) is 6.20. The molecule has 7 N–H and O–H groups in total. The molecule has 0 aliphatic carbocycles. The topological polar surface area (TPSA) is 139 Å². The number of aliphatic hydroxyl groups is 3. The number of nitrogens with two attached hydrogens (primary N) is 2. The molecular weight excluding hydrogens is 355 g/mol. The normalized spacial score (nSPS) is 13.7. The number of aliphatic hydroxyl groups excluding tert-OH is 3. The van der Waals surface area contributed by atoms with E-state index < -0.39 is 18.8 Å². The van der Waals surface area contributed by atoms with Crippen LogP contribution in [0.2, 0.25) is 10.0 Å². The number of hydrogen-bond donors (Lipinski definition) is 5. The van der Waals surface area contributed by atoms with Crippen LogP contribution in [-0.4, -0.2) is 44.1 Å². The highest BCUT2D eigenvalue weighted by atomic mass is 35.5. The van der Waals surface area contributed by atoms with Crippen molar-refractivity contribution in [2.75, 3.05) is 18.1 Å². The van der Waals surface area contributed by atoms with Crippen molar-refractivity contribution in [1.29, 1.82) is 0 Å². The van der Waals surface area contributed by atoms with Crippen LogP contribution in [-0.2, 0) is 6.42 Å². The number of benzene rings is 1. The summed E-state index contributed by atoms with van der Waals surface area (Å²) in [7, 11) is 0. The predicted octanol–water partition coefficient (Wildman–Crippen LogP) is 1.26. The fraction of sp³-hybridized carbons (Fsp3) is 0.333. The summed E-state index contributed by atoms with van der Waals surface area (Å²) in [6.45, 7) is -0.533. The molecule has 1 aromatic carbocycles. The first kappa shape index (κ1) is 18.7. The number of anilines is 2. The van der Waals surface area contributed by atoms with Crippen LogP contribution in [0.25, 0.3) is 11.1 Å². The number of halogens is 2.